The van der Waals surface area contributed by atoms with Crippen LogP contribution in [0.25, 0.3) is 0 Å². The summed E-state index contributed by atoms with van der Waals surface area (Å²) in [6, 6.07) is 9.46. The Morgan fingerprint density at radius 2 is 2.15 bits per heavy atom. The van der Waals surface area contributed by atoms with Crippen LogP contribution in [-0.4, -0.2) is 16.6 Å². The average molecular weight is 307 g/mol. The van der Waals surface area contributed by atoms with Crippen molar-refractivity contribution in [1.82, 2.24) is 4.98 Å². The number of nitrogens with zero attached hydrogens (tertiary/aromatic N) is 1. The number of rotatable bonds is 4. The van der Waals surface area contributed by atoms with E-state index in [1.54, 1.807) is 6.20 Å². The van der Waals surface area contributed by atoms with Crippen LogP contribution in [0.1, 0.15) is 11.1 Å². The first-order valence-corrected chi connectivity index (χ1v) is 7.53. The van der Waals surface area contributed by atoms with Crippen LogP contribution in [0.15, 0.2) is 41.6 Å². The number of halogens is 1. The third-order valence-corrected chi connectivity index (χ3v) is 3.93. The maximum absolute atomic E-state index is 12.0. The van der Waals surface area contributed by atoms with Gasteiger partial charge in [-0.15, -0.1) is 0 Å². The number of amides is 1. The lowest BCUT2D eigenvalue weighted by atomic mass is 10.1. The van der Waals surface area contributed by atoms with Crippen LogP contribution in [0, 0.1) is 13.8 Å². The molecule has 0 fully saturated rings. The first-order valence-electron chi connectivity index (χ1n) is 6.16. The molecule has 0 saturated carbocycles. The molecule has 2 rings (SSSR count). The number of benzene rings is 1. The highest BCUT2D eigenvalue weighted by molar-refractivity contribution is 7.99. The largest absolute Gasteiger partial charge is 0.324 e. The first-order chi connectivity index (χ1) is 9.56. The van der Waals surface area contributed by atoms with Gasteiger partial charge in [0.1, 0.15) is 0 Å². The molecular formula is C15H15ClN2OS. The standard InChI is InChI=1S/C15H15ClN2OS/c1-10-7-11(2)15(12(16)8-10)18-13(19)9-20-14-5-3-4-6-17-14/h3-8H,9H2,1-2H3,(H,18,19). The van der Waals surface area contributed by atoms with Crippen molar-refractivity contribution in [2.24, 2.45) is 0 Å². The molecule has 1 heterocycles. The fourth-order valence-electron chi connectivity index (χ4n) is 1.82. The topological polar surface area (TPSA) is 42.0 Å². The fourth-order valence-corrected chi connectivity index (χ4v) is 2.85. The van der Waals surface area contributed by atoms with Crippen LogP contribution in [0.3, 0.4) is 0 Å². The van der Waals surface area contributed by atoms with Gasteiger partial charge in [0.05, 0.1) is 21.5 Å². The highest BCUT2D eigenvalue weighted by Gasteiger charge is 2.10. The quantitative estimate of drug-likeness (QED) is 0.865. The fraction of sp³-hybridized carbons (Fsp3) is 0.200. The molecule has 1 aromatic carbocycles. The van der Waals surface area contributed by atoms with Gasteiger partial charge in [-0.1, -0.05) is 35.5 Å². The van der Waals surface area contributed by atoms with Crippen molar-refractivity contribution in [3.63, 3.8) is 0 Å². The summed E-state index contributed by atoms with van der Waals surface area (Å²) in [5.41, 5.74) is 2.73. The first kappa shape index (κ1) is 14.9. The third-order valence-electron chi connectivity index (χ3n) is 2.69. The van der Waals surface area contributed by atoms with E-state index in [0.29, 0.717) is 16.5 Å². The van der Waals surface area contributed by atoms with Crippen molar-refractivity contribution in [3.8, 4) is 0 Å². The van der Waals surface area contributed by atoms with E-state index in [4.69, 9.17) is 11.6 Å². The van der Waals surface area contributed by atoms with Gasteiger partial charge in [0.25, 0.3) is 0 Å². The molecule has 5 heteroatoms. The van der Waals surface area contributed by atoms with Crippen molar-refractivity contribution in [1.29, 1.82) is 0 Å². The van der Waals surface area contributed by atoms with Gasteiger partial charge in [-0.25, -0.2) is 4.98 Å². The Hall–Kier alpha value is -1.52. The van der Waals surface area contributed by atoms with Crippen molar-refractivity contribution < 1.29 is 4.79 Å². The molecule has 104 valence electrons. The predicted octanol–water partition coefficient (Wildman–Crippen LogP) is 4.08. The summed E-state index contributed by atoms with van der Waals surface area (Å²) < 4.78 is 0. The SMILES string of the molecule is Cc1cc(C)c(NC(=O)CSc2ccccn2)c(Cl)c1. The Morgan fingerprint density at radius 3 is 2.80 bits per heavy atom. The maximum atomic E-state index is 12.0. The number of aromatic nitrogens is 1. The lowest BCUT2D eigenvalue weighted by molar-refractivity contribution is -0.113. The highest BCUT2D eigenvalue weighted by Crippen LogP contribution is 2.27. The zero-order valence-corrected chi connectivity index (χ0v) is 12.9. The van der Waals surface area contributed by atoms with E-state index in [2.05, 4.69) is 10.3 Å². The normalized spacial score (nSPS) is 10.3. The zero-order chi connectivity index (χ0) is 14.5. The number of nitrogens with one attached hydrogen (secondary N) is 1. The van der Waals surface area contributed by atoms with Gasteiger partial charge in [0, 0.05) is 6.20 Å². The number of anilines is 1. The van der Waals surface area contributed by atoms with Gasteiger partial charge in [0.15, 0.2) is 0 Å². The number of hydrogen-bond donors (Lipinski definition) is 1. The molecule has 1 N–H and O–H groups in total. The van der Waals surface area contributed by atoms with E-state index < -0.39 is 0 Å². The van der Waals surface area contributed by atoms with Crippen molar-refractivity contribution >= 4 is 35.0 Å². The minimum atomic E-state index is -0.0884. The number of carbonyl (C=O) groups excluding carboxylic acids is 1. The summed E-state index contributed by atoms with van der Waals surface area (Å²) in [7, 11) is 0. The minimum absolute atomic E-state index is 0.0884. The highest BCUT2D eigenvalue weighted by atomic mass is 35.5. The molecule has 0 spiro atoms. The van der Waals surface area contributed by atoms with E-state index in [1.165, 1.54) is 11.8 Å². The van der Waals surface area contributed by atoms with Crippen LogP contribution < -0.4 is 5.32 Å². The molecule has 0 atom stereocenters. The summed E-state index contributed by atoms with van der Waals surface area (Å²) in [5, 5.41) is 4.25. The molecule has 0 bridgehead atoms. The lowest BCUT2D eigenvalue weighted by Crippen LogP contribution is -2.15. The number of hydrogen-bond acceptors (Lipinski definition) is 3. The average Bonchev–Trinajstić information content (AvgIpc) is 2.42. The summed E-state index contributed by atoms with van der Waals surface area (Å²) in [6.07, 6.45) is 1.71. The van der Waals surface area contributed by atoms with Gasteiger partial charge in [-0.3, -0.25) is 4.79 Å². The molecule has 0 aliphatic carbocycles. The second-order valence-corrected chi connectivity index (χ2v) is 5.85. The Balaban J connectivity index is 1.98. The van der Waals surface area contributed by atoms with Gasteiger partial charge in [-0.05, 0) is 43.2 Å². The van der Waals surface area contributed by atoms with E-state index in [0.717, 1.165) is 16.2 Å². The summed E-state index contributed by atoms with van der Waals surface area (Å²) >= 11 is 7.56. The van der Waals surface area contributed by atoms with E-state index in [1.807, 2.05) is 44.2 Å². The molecule has 0 saturated heterocycles. The van der Waals surface area contributed by atoms with Crippen LogP contribution in [0.2, 0.25) is 5.02 Å². The molecule has 0 unspecified atom stereocenters. The zero-order valence-electron chi connectivity index (χ0n) is 11.3. The Morgan fingerprint density at radius 1 is 1.35 bits per heavy atom. The van der Waals surface area contributed by atoms with Gasteiger partial charge in [-0.2, -0.15) is 0 Å². The molecule has 20 heavy (non-hydrogen) atoms. The Kier molecular flexibility index (Phi) is 5.04. The predicted molar refractivity (Wildman–Crippen MR) is 84.5 cm³/mol. The van der Waals surface area contributed by atoms with Gasteiger partial charge in [0.2, 0.25) is 5.91 Å². The van der Waals surface area contributed by atoms with Gasteiger partial charge >= 0.3 is 0 Å². The number of carbonyl (C=O) groups is 1. The monoisotopic (exact) mass is 306 g/mol. The minimum Gasteiger partial charge on any atom is -0.324 e. The third kappa shape index (κ3) is 3.99. The second-order valence-electron chi connectivity index (χ2n) is 4.44. The lowest BCUT2D eigenvalue weighted by Gasteiger charge is -2.11. The van der Waals surface area contributed by atoms with Crippen LogP contribution >= 0.6 is 23.4 Å². The molecule has 0 radical (unpaired) electrons. The Labute approximate surface area is 127 Å². The number of aryl methyl sites for hydroxylation is 2. The Bertz CT molecular complexity index is 594. The maximum Gasteiger partial charge on any atom is 0.234 e. The van der Waals surface area contributed by atoms with Crippen molar-refractivity contribution in [2.75, 3.05) is 11.1 Å². The number of thioether (sulfide) groups is 1. The molecule has 1 aromatic heterocycles. The molecule has 0 aliphatic rings. The molecule has 0 aliphatic heterocycles. The molecule has 3 nitrogen and oxygen atoms in total. The van der Waals surface area contributed by atoms with Crippen molar-refractivity contribution in [2.45, 2.75) is 18.9 Å². The molecule has 1 amide bonds. The van der Waals surface area contributed by atoms with Crippen LogP contribution in [0.5, 0.6) is 0 Å². The molecule has 2 aromatic rings. The van der Waals surface area contributed by atoms with Crippen LogP contribution in [0.4, 0.5) is 5.69 Å². The summed E-state index contributed by atoms with van der Waals surface area (Å²) in [4.78, 5) is 16.1. The van der Waals surface area contributed by atoms with Crippen molar-refractivity contribution in [3.05, 3.63) is 52.7 Å². The van der Waals surface area contributed by atoms with E-state index in [-0.39, 0.29) is 5.91 Å². The molecular weight excluding hydrogens is 292 g/mol. The van der Waals surface area contributed by atoms with Crippen LogP contribution in [-0.2, 0) is 4.79 Å². The summed E-state index contributed by atoms with van der Waals surface area (Å²) in [5.74, 6) is 0.218. The van der Waals surface area contributed by atoms with Gasteiger partial charge < -0.3 is 5.32 Å². The smallest absolute Gasteiger partial charge is 0.234 e. The van der Waals surface area contributed by atoms with E-state index >= 15 is 0 Å². The summed E-state index contributed by atoms with van der Waals surface area (Å²) in [6.45, 7) is 3.90. The second kappa shape index (κ2) is 6.77. The number of pyridine rings is 1. The van der Waals surface area contributed by atoms with E-state index in [9.17, 15) is 4.79 Å².